The van der Waals surface area contributed by atoms with Crippen LogP contribution >= 0.6 is 0 Å². The molecule has 0 spiro atoms. The van der Waals surface area contributed by atoms with E-state index >= 15 is 0 Å². The summed E-state index contributed by atoms with van der Waals surface area (Å²) in [7, 11) is 0. The molecule has 0 aliphatic rings. The molecule has 1 N–H and O–H groups in total. The van der Waals surface area contributed by atoms with E-state index in [2.05, 4.69) is 18.2 Å². The van der Waals surface area contributed by atoms with Crippen molar-refractivity contribution >= 4 is 6.16 Å². The van der Waals surface area contributed by atoms with Gasteiger partial charge in [-0.2, -0.15) is 4.89 Å². The molecule has 2 atom stereocenters. The maximum absolute atomic E-state index is 10.2. The molecule has 0 aliphatic heterocycles. The first-order valence-corrected chi connectivity index (χ1v) is 5.56. The number of hydrogen-bond donors (Lipinski definition) is 1. The summed E-state index contributed by atoms with van der Waals surface area (Å²) < 4.78 is 9.39. The molecule has 0 aliphatic carbocycles. The van der Waals surface area contributed by atoms with E-state index in [1.54, 1.807) is 0 Å². The standard InChI is InChI=1S/C11H20O6/c1-4-6-7-8-14-17-10(5-2)15-9(3)16-11(12)13/h5,9-10H,2,4,6-8H2,1,3H3,(H,12,13). The molecule has 17 heavy (non-hydrogen) atoms. The molecule has 0 amide bonds. The monoisotopic (exact) mass is 248 g/mol. The zero-order valence-corrected chi connectivity index (χ0v) is 10.3. The minimum absolute atomic E-state index is 0.454. The highest BCUT2D eigenvalue weighted by Crippen LogP contribution is 2.05. The quantitative estimate of drug-likeness (QED) is 0.160. The van der Waals surface area contributed by atoms with Crippen molar-refractivity contribution in [3.05, 3.63) is 12.7 Å². The van der Waals surface area contributed by atoms with Crippen LogP contribution in [-0.4, -0.2) is 30.4 Å². The largest absolute Gasteiger partial charge is 0.508 e. The maximum Gasteiger partial charge on any atom is 0.508 e. The maximum atomic E-state index is 10.2. The lowest BCUT2D eigenvalue weighted by molar-refractivity contribution is -0.380. The third kappa shape index (κ3) is 9.80. The topological polar surface area (TPSA) is 74.2 Å². The van der Waals surface area contributed by atoms with E-state index in [0.717, 1.165) is 19.3 Å². The summed E-state index contributed by atoms with van der Waals surface area (Å²) in [4.78, 5) is 20.0. The van der Waals surface area contributed by atoms with E-state index in [1.165, 1.54) is 13.0 Å². The summed E-state index contributed by atoms with van der Waals surface area (Å²) in [5.74, 6) is 0. The highest BCUT2D eigenvalue weighted by Gasteiger charge is 2.14. The molecule has 0 saturated heterocycles. The van der Waals surface area contributed by atoms with Crippen molar-refractivity contribution in [2.24, 2.45) is 0 Å². The fourth-order valence-corrected chi connectivity index (χ4v) is 1.00. The van der Waals surface area contributed by atoms with Crippen molar-refractivity contribution in [3.8, 4) is 0 Å². The first-order valence-electron chi connectivity index (χ1n) is 5.56. The molecule has 0 bridgehead atoms. The number of unbranched alkanes of at least 4 members (excludes halogenated alkanes) is 2. The van der Waals surface area contributed by atoms with Crippen molar-refractivity contribution in [3.63, 3.8) is 0 Å². The van der Waals surface area contributed by atoms with Gasteiger partial charge in [0.2, 0.25) is 12.6 Å². The molecular formula is C11H20O6. The summed E-state index contributed by atoms with van der Waals surface area (Å²) in [6.07, 6.45) is 1.17. The van der Waals surface area contributed by atoms with E-state index in [4.69, 9.17) is 19.6 Å². The van der Waals surface area contributed by atoms with Gasteiger partial charge in [0.15, 0.2) is 0 Å². The zero-order valence-electron chi connectivity index (χ0n) is 10.3. The van der Waals surface area contributed by atoms with E-state index in [9.17, 15) is 4.79 Å². The lowest BCUT2D eigenvalue weighted by atomic mass is 10.3. The Hall–Kier alpha value is -1.11. The van der Waals surface area contributed by atoms with Crippen molar-refractivity contribution in [1.29, 1.82) is 0 Å². The van der Waals surface area contributed by atoms with Gasteiger partial charge in [0.05, 0.1) is 6.61 Å². The van der Waals surface area contributed by atoms with Crippen LogP contribution in [0.5, 0.6) is 0 Å². The van der Waals surface area contributed by atoms with Crippen molar-refractivity contribution < 1.29 is 29.1 Å². The Morgan fingerprint density at radius 2 is 2.18 bits per heavy atom. The van der Waals surface area contributed by atoms with Crippen LogP contribution in [0.25, 0.3) is 0 Å². The molecule has 0 radical (unpaired) electrons. The van der Waals surface area contributed by atoms with Gasteiger partial charge in [-0.15, -0.1) is 0 Å². The van der Waals surface area contributed by atoms with Crippen molar-refractivity contribution in [2.75, 3.05) is 6.61 Å². The average Bonchev–Trinajstić information content (AvgIpc) is 2.26. The summed E-state index contributed by atoms with van der Waals surface area (Å²) in [5, 5.41) is 8.34. The lowest BCUT2D eigenvalue weighted by Gasteiger charge is -2.17. The van der Waals surface area contributed by atoms with E-state index in [1.807, 2.05) is 0 Å². The highest BCUT2D eigenvalue weighted by molar-refractivity contribution is 5.56. The van der Waals surface area contributed by atoms with Gasteiger partial charge in [-0.05, 0) is 19.4 Å². The van der Waals surface area contributed by atoms with Crippen LogP contribution in [-0.2, 0) is 19.2 Å². The Morgan fingerprint density at radius 1 is 1.47 bits per heavy atom. The molecule has 0 aromatic carbocycles. The first-order chi connectivity index (χ1) is 8.10. The highest BCUT2D eigenvalue weighted by atomic mass is 17.2. The number of carbonyl (C=O) groups is 1. The van der Waals surface area contributed by atoms with Gasteiger partial charge < -0.3 is 14.6 Å². The summed E-state index contributed by atoms with van der Waals surface area (Å²) in [6.45, 7) is 7.45. The van der Waals surface area contributed by atoms with Crippen molar-refractivity contribution in [2.45, 2.75) is 45.7 Å². The van der Waals surface area contributed by atoms with Crippen LogP contribution < -0.4 is 0 Å². The fourth-order valence-electron chi connectivity index (χ4n) is 1.00. The summed E-state index contributed by atoms with van der Waals surface area (Å²) in [6, 6.07) is 0. The van der Waals surface area contributed by atoms with Crippen LogP contribution in [0.4, 0.5) is 4.79 Å². The Kier molecular flexibility index (Phi) is 9.41. The average molecular weight is 248 g/mol. The van der Waals surface area contributed by atoms with Gasteiger partial charge in [0.1, 0.15) is 0 Å². The molecular weight excluding hydrogens is 228 g/mol. The zero-order chi connectivity index (χ0) is 13.1. The van der Waals surface area contributed by atoms with Crippen molar-refractivity contribution in [1.82, 2.24) is 0 Å². The van der Waals surface area contributed by atoms with Gasteiger partial charge >= 0.3 is 6.16 Å². The fraction of sp³-hybridized carbons (Fsp3) is 0.727. The van der Waals surface area contributed by atoms with Crippen LogP contribution in [0.1, 0.15) is 33.1 Å². The smallest absolute Gasteiger partial charge is 0.450 e. The second kappa shape index (κ2) is 10.1. The second-order valence-corrected chi connectivity index (χ2v) is 3.32. The minimum atomic E-state index is -1.41. The van der Waals surface area contributed by atoms with Crippen LogP contribution in [0, 0.1) is 0 Å². The first kappa shape index (κ1) is 15.9. The molecule has 0 aromatic heterocycles. The molecule has 0 rings (SSSR count). The minimum Gasteiger partial charge on any atom is -0.450 e. The van der Waals surface area contributed by atoms with Gasteiger partial charge in [-0.3, -0.25) is 0 Å². The Labute approximate surface area is 101 Å². The van der Waals surface area contributed by atoms with Gasteiger partial charge in [-0.25, -0.2) is 9.68 Å². The molecule has 0 heterocycles. The molecule has 6 heteroatoms. The Balaban J connectivity index is 3.68. The molecule has 6 nitrogen and oxygen atoms in total. The normalized spacial score (nSPS) is 14.0. The Bertz CT molecular complexity index is 218. The number of hydrogen-bond acceptors (Lipinski definition) is 5. The number of carboxylic acid groups (broad SMARTS) is 1. The third-order valence-corrected chi connectivity index (χ3v) is 1.78. The second-order valence-electron chi connectivity index (χ2n) is 3.32. The molecule has 2 unspecified atom stereocenters. The van der Waals surface area contributed by atoms with Gasteiger partial charge in [0, 0.05) is 0 Å². The Morgan fingerprint density at radius 3 is 2.71 bits per heavy atom. The summed E-state index contributed by atoms with van der Waals surface area (Å²) in [5.41, 5.74) is 0. The predicted molar refractivity (Wildman–Crippen MR) is 60.2 cm³/mol. The SMILES string of the molecule is C=CC(OOCCCCC)OC(C)OC(=O)O. The lowest BCUT2D eigenvalue weighted by Crippen LogP contribution is -2.25. The molecule has 0 aromatic rings. The number of ether oxygens (including phenoxy) is 2. The summed E-state index contributed by atoms with van der Waals surface area (Å²) >= 11 is 0. The van der Waals surface area contributed by atoms with Gasteiger partial charge in [-0.1, -0.05) is 26.3 Å². The molecule has 0 saturated carbocycles. The van der Waals surface area contributed by atoms with E-state index in [0.29, 0.717) is 6.61 Å². The molecule has 0 fully saturated rings. The van der Waals surface area contributed by atoms with Crippen LogP contribution in [0.2, 0.25) is 0 Å². The van der Waals surface area contributed by atoms with Crippen LogP contribution in [0.15, 0.2) is 12.7 Å². The van der Waals surface area contributed by atoms with E-state index < -0.39 is 18.7 Å². The van der Waals surface area contributed by atoms with Crippen LogP contribution in [0.3, 0.4) is 0 Å². The van der Waals surface area contributed by atoms with Gasteiger partial charge in [0.25, 0.3) is 0 Å². The predicted octanol–water partition coefficient (Wildman–Crippen LogP) is 2.69. The number of rotatable bonds is 10. The van der Waals surface area contributed by atoms with E-state index in [-0.39, 0.29) is 0 Å². The molecule has 100 valence electrons. The third-order valence-electron chi connectivity index (χ3n) is 1.78.